The average Bonchev–Trinajstić information content (AvgIpc) is 2.39. The van der Waals surface area contributed by atoms with Crippen molar-refractivity contribution in [3.63, 3.8) is 0 Å². The quantitative estimate of drug-likeness (QED) is 0.640. The first-order chi connectivity index (χ1) is 9.06. The molecule has 5 nitrogen and oxygen atoms in total. The summed E-state index contributed by atoms with van der Waals surface area (Å²) in [4.78, 5) is 14.4. The van der Waals surface area contributed by atoms with Gasteiger partial charge in [-0.2, -0.15) is 0 Å². The van der Waals surface area contributed by atoms with Crippen LogP contribution >= 0.6 is 0 Å². The fourth-order valence-electron chi connectivity index (χ4n) is 2.14. The number of rotatable bonds is 3. The topological polar surface area (TPSA) is 67.6 Å². The van der Waals surface area contributed by atoms with Crippen LogP contribution in [0.5, 0.6) is 0 Å². The summed E-state index contributed by atoms with van der Waals surface area (Å²) in [6.07, 6.45) is -0.240. The number of halogens is 1. The number of aliphatic carboxylic acids is 1. The van der Waals surface area contributed by atoms with E-state index in [1.807, 2.05) is 0 Å². The van der Waals surface area contributed by atoms with Crippen LogP contribution in [-0.2, 0) is 4.79 Å². The maximum absolute atomic E-state index is 12.8. The summed E-state index contributed by atoms with van der Waals surface area (Å²) in [5.74, 6) is -1.09. The summed E-state index contributed by atoms with van der Waals surface area (Å²) in [7, 11) is 0. The molecule has 2 rings (SSSR count). The summed E-state index contributed by atoms with van der Waals surface area (Å²) < 4.78 is 12.8. The van der Waals surface area contributed by atoms with E-state index in [0.29, 0.717) is 26.2 Å². The monoisotopic (exact) mass is 265 g/mol. The smallest absolute Gasteiger partial charge is 0.310 e. The number of nitrogens with zero attached hydrogens (tertiary/aromatic N) is 2. The first kappa shape index (κ1) is 13.3. The number of hydrogen-bond acceptors (Lipinski definition) is 3. The molecule has 0 spiro atoms. The molecule has 0 bridgehead atoms. The van der Waals surface area contributed by atoms with Crippen molar-refractivity contribution in [2.24, 2.45) is 0 Å². The standard InChI is InChI=1S/C13H16FN3O2/c14-10-1-3-11(4-2-10)16-5-7-17(8-6-16)12(15)9-13(18)19/h1-4,15H,5-9H2,(H,18,19). The van der Waals surface area contributed by atoms with Crippen molar-refractivity contribution in [2.75, 3.05) is 31.1 Å². The van der Waals surface area contributed by atoms with Gasteiger partial charge in [0.25, 0.3) is 0 Å². The van der Waals surface area contributed by atoms with E-state index in [2.05, 4.69) is 4.90 Å². The molecule has 0 unspecified atom stereocenters. The van der Waals surface area contributed by atoms with E-state index in [4.69, 9.17) is 10.5 Å². The van der Waals surface area contributed by atoms with Crippen molar-refractivity contribution in [1.29, 1.82) is 5.41 Å². The zero-order valence-corrected chi connectivity index (χ0v) is 10.5. The summed E-state index contributed by atoms with van der Waals surface area (Å²) >= 11 is 0. The molecule has 2 N–H and O–H groups in total. The van der Waals surface area contributed by atoms with E-state index >= 15 is 0 Å². The fourth-order valence-corrected chi connectivity index (χ4v) is 2.14. The lowest BCUT2D eigenvalue weighted by Gasteiger charge is -2.37. The van der Waals surface area contributed by atoms with Crippen LogP contribution in [0.15, 0.2) is 24.3 Å². The molecule has 0 saturated carbocycles. The maximum atomic E-state index is 12.8. The van der Waals surface area contributed by atoms with Gasteiger partial charge >= 0.3 is 5.97 Å². The Labute approximate surface area is 110 Å². The van der Waals surface area contributed by atoms with Gasteiger partial charge in [0.15, 0.2) is 0 Å². The fraction of sp³-hybridized carbons (Fsp3) is 0.385. The molecular weight excluding hydrogens is 249 g/mol. The Bertz CT molecular complexity index is 467. The molecule has 0 aromatic heterocycles. The largest absolute Gasteiger partial charge is 0.481 e. The Kier molecular flexibility index (Phi) is 3.99. The van der Waals surface area contributed by atoms with Gasteiger partial charge < -0.3 is 14.9 Å². The normalized spacial score (nSPS) is 15.4. The molecule has 1 aromatic rings. The van der Waals surface area contributed by atoms with Crippen LogP contribution in [0, 0.1) is 11.2 Å². The van der Waals surface area contributed by atoms with Gasteiger partial charge in [-0.05, 0) is 24.3 Å². The first-order valence-corrected chi connectivity index (χ1v) is 6.11. The van der Waals surface area contributed by atoms with Gasteiger partial charge in [-0.25, -0.2) is 4.39 Å². The van der Waals surface area contributed by atoms with Crippen molar-refractivity contribution in [3.05, 3.63) is 30.1 Å². The minimum atomic E-state index is -0.981. The Morgan fingerprint density at radius 2 is 1.79 bits per heavy atom. The van der Waals surface area contributed by atoms with Crippen LogP contribution in [0.2, 0.25) is 0 Å². The van der Waals surface area contributed by atoms with Gasteiger partial charge in [0.2, 0.25) is 0 Å². The van der Waals surface area contributed by atoms with Crippen molar-refractivity contribution in [3.8, 4) is 0 Å². The van der Waals surface area contributed by atoms with E-state index in [1.54, 1.807) is 17.0 Å². The highest BCUT2D eigenvalue weighted by molar-refractivity contribution is 5.95. The highest BCUT2D eigenvalue weighted by Gasteiger charge is 2.20. The first-order valence-electron chi connectivity index (χ1n) is 6.11. The Balaban J connectivity index is 1.90. The van der Waals surface area contributed by atoms with Crippen LogP contribution in [0.25, 0.3) is 0 Å². The van der Waals surface area contributed by atoms with Crippen molar-refractivity contribution in [1.82, 2.24) is 4.90 Å². The van der Waals surface area contributed by atoms with Gasteiger partial charge in [-0.15, -0.1) is 0 Å². The molecule has 1 heterocycles. The zero-order valence-electron chi connectivity index (χ0n) is 10.5. The van der Waals surface area contributed by atoms with Crippen LogP contribution in [0.3, 0.4) is 0 Å². The van der Waals surface area contributed by atoms with Gasteiger partial charge in [0.05, 0.1) is 0 Å². The maximum Gasteiger partial charge on any atom is 0.310 e. The number of hydrogen-bond donors (Lipinski definition) is 2. The van der Waals surface area contributed by atoms with Gasteiger partial charge in [0, 0.05) is 31.9 Å². The second-order valence-electron chi connectivity index (χ2n) is 4.47. The Hall–Kier alpha value is -2.11. The molecule has 0 aliphatic carbocycles. The van der Waals surface area contributed by atoms with Gasteiger partial charge in [-0.3, -0.25) is 10.2 Å². The number of carboxylic acid groups (broad SMARTS) is 1. The lowest BCUT2D eigenvalue weighted by molar-refractivity contribution is -0.135. The highest BCUT2D eigenvalue weighted by Crippen LogP contribution is 2.17. The van der Waals surface area contributed by atoms with Crippen molar-refractivity contribution < 1.29 is 14.3 Å². The molecule has 1 saturated heterocycles. The second kappa shape index (κ2) is 5.69. The van der Waals surface area contributed by atoms with E-state index in [-0.39, 0.29) is 18.1 Å². The number of piperazine rings is 1. The molecule has 1 aromatic carbocycles. The third kappa shape index (κ3) is 3.43. The predicted octanol–water partition coefficient (Wildman–Crippen LogP) is 1.40. The molecule has 0 radical (unpaired) electrons. The number of carbonyl (C=O) groups is 1. The third-order valence-electron chi connectivity index (χ3n) is 3.17. The number of carboxylic acids is 1. The number of nitrogens with one attached hydrogen (secondary N) is 1. The minimum Gasteiger partial charge on any atom is -0.481 e. The van der Waals surface area contributed by atoms with Crippen molar-refractivity contribution >= 4 is 17.5 Å². The van der Waals surface area contributed by atoms with Crippen LogP contribution in [-0.4, -0.2) is 48.0 Å². The Morgan fingerprint density at radius 3 is 2.32 bits per heavy atom. The Morgan fingerprint density at radius 1 is 1.21 bits per heavy atom. The minimum absolute atomic E-state index is 0.145. The number of benzene rings is 1. The summed E-state index contributed by atoms with van der Waals surface area (Å²) in [5, 5.41) is 16.3. The summed E-state index contributed by atoms with van der Waals surface area (Å²) in [5.41, 5.74) is 0.950. The molecule has 0 amide bonds. The molecule has 102 valence electrons. The molecule has 6 heteroatoms. The second-order valence-corrected chi connectivity index (χ2v) is 4.47. The van der Waals surface area contributed by atoms with E-state index < -0.39 is 5.97 Å². The SMILES string of the molecule is N=C(CC(=O)O)N1CCN(c2ccc(F)cc2)CC1. The molecule has 19 heavy (non-hydrogen) atoms. The third-order valence-corrected chi connectivity index (χ3v) is 3.17. The average molecular weight is 265 g/mol. The molecule has 1 aliphatic heterocycles. The summed E-state index contributed by atoms with van der Waals surface area (Å²) in [6, 6.07) is 6.31. The van der Waals surface area contributed by atoms with Crippen molar-refractivity contribution in [2.45, 2.75) is 6.42 Å². The number of amidine groups is 1. The molecule has 0 atom stereocenters. The van der Waals surface area contributed by atoms with Crippen LogP contribution in [0.1, 0.15) is 6.42 Å². The van der Waals surface area contributed by atoms with E-state index in [9.17, 15) is 9.18 Å². The molecular formula is C13H16FN3O2. The summed E-state index contributed by atoms with van der Waals surface area (Å²) in [6.45, 7) is 2.63. The van der Waals surface area contributed by atoms with Gasteiger partial charge in [0.1, 0.15) is 18.1 Å². The van der Waals surface area contributed by atoms with Crippen LogP contribution < -0.4 is 4.90 Å². The van der Waals surface area contributed by atoms with E-state index in [1.165, 1.54) is 12.1 Å². The number of anilines is 1. The molecule has 1 aliphatic rings. The van der Waals surface area contributed by atoms with E-state index in [0.717, 1.165) is 5.69 Å². The molecule has 1 fully saturated rings. The van der Waals surface area contributed by atoms with Gasteiger partial charge in [-0.1, -0.05) is 0 Å². The van der Waals surface area contributed by atoms with Crippen LogP contribution in [0.4, 0.5) is 10.1 Å². The lowest BCUT2D eigenvalue weighted by atomic mass is 10.2. The highest BCUT2D eigenvalue weighted by atomic mass is 19.1. The zero-order chi connectivity index (χ0) is 13.8. The predicted molar refractivity (Wildman–Crippen MR) is 70.2 cm³/mol. The lowest BCUT2D eigenvalue weighted by Crippen LogP contribution is -2.49.